The van der Waals surface area contributed by atoms with Crippen molar-refractivity contribution in [3.63, 3.8) is 0 Å². The number of nitrogens with zero attached hydrogens (tertiary/aromatic N) is 2. The van der Waals surface area contributed by atoms with E-state index in [-0.39, 0.29) is 17.3 Å². The molecule has 0 aliphatic carbocycles. The fraction of sp³-hybridized carbons (Fsp3) is 0.0870. The molecule has 0 atom stereocenters. The van der Waals surface area contributed by atoms with Gasteiger partial charge in [-0.15, -0.1) is 0 Å². The fourth-order valence-corrected chi connectivity index (χ4v) is 4.30. The minimum absolute atomic E-state index is 0.0395. The third-order valence-corrected chi connectivity index (χ3v) is 6.12. The van der Waals surface area contributed by atoms with Crippen LogP contribution in [0.5, 0.6) is 5.75 Å². The first kappa shape index (κ1) is 24.7. The Morgan fingerprint density at radius 1 is 1.03 bits per heavy atom. The summed E-state index contributed by atoms with van der Waals surface area (Å²) in [5.74, 6) is -1.32. The SMILES string of the molecule is COc1ccc(NC(=O)c2ncc(-c3ccccc3)o2)cc1S(=O)(=O)Nc1cccc(C(F)(F)F)n1. The number of ether oxygens (including phenoxy) is 1. The van der Waals surface area contributed by atoms with E-state index in [4.69, 9.17) is 9.15 Å². The van der Waals surface area contributed by atoms with Crippen molar-refractivity contribution in [3.8, 4) is 17.1 Å². The Kier molecular flexibility index (Phi) is 6.66. The molecule has 2 heterocycles. The molecule has 2 aromatic carbocycles. The van der Waals surface area contributed by atoms with Gasteiger partial charge in [-0.2, -0.15) is 13.2 Å². The van der Waals surface area contributed by atoms with Gasteiger partial charge in [-0.25, -0.2) is 18.4 Å². The number of hydrogen-bond acceptors (Lipinski definition) is 7. The molecule has 2 aromatic heterocycles. The van der Waals surface area contributed by atoms with Crippen LogP contribution in [0.15, 0.2) is 82.2 Å². The minimum atomic E-state index is -4.76. The summed E-state index contributed by atoms with van der Waals surface area (Å²) < 4.78 is 77.3. The molecule has 186 valence electrons. The summed E-state index contributed by atoms with van der Waals surface area (Å²) in [6.07, 6.45) is -3.39. The molecule has 13 heteroatoms. The van der Waals surface area contributed by atoms with E-state index >= 15 is 0 Å². The van der Waals surface area contributed by atoms with Gasteiger partial charge in [0.25, 0.3) is 15.9 Å². The van der Waals surface area contributed by atoms with Crippen molar-refractivity contribution < 1.29 is 35.5 Å². The predicted molar refractivity (Wildman–Crippen MR) is 123 cm³/mol. The molecule has 0 spiro atoms. The van der Waals surface area contributed by atoms with Crippen LogP contribution in [-0.2, 0) is 16.2 Å². The Bertz CT molecular complexity index is 1510. The van der Waals surface area contributed by atoms with Crippen LogP contribution in [0, 0.1) is 0 Å². The third kappa shape index (κ3) is 5.46. The summed E-state index contributed by atoms with van der Waals surface area (Å²) in [4.78, 5) is 19.4. The molecule has 36 heavy (non-hydrogen) atoms. The summed E-state index contributed by atoms with van der Waals surface area (Å²) in [5, 5.41) is 2.47. The van der Waals surface area contributed by atoms with Crippen LogP contribution in [0.2, 0.25) is 0 Å². The van der Waals surface area contributed by atoms with E-state index < -0.39 is 38.5 Å². The van der Waals surface area contributed by atoms with E-state index in [1.165, 1.54) is 25.4 Å². The zero-order valence-electron chi connectivity index (χ0n) is 18.4. The van der Waals surface area contributed by atoms with Crippen molar-refractivity contribution in [3.05, 3.63) is 84.5 Å². The van der Waals surface area contributed by atoms with Gasteiger partial charge in [-0.3, -0.25) is 9.52 Å². The highest BCUT2D eigenvalue weighted by molar-refractivity contribution is 7.92. The quantitative estimate of drug-likeness (QED) is 0.360. The van der Waals surface area contributed by atoms with Crippen LogP contribution in [0.25, 0.3) is 11.3 Å². The number of alkyl halides is 3. The molecule has 0 unspecified atom stereocenters. The number of oxazole rings is 1. The van der Waals surface area contributed by atoms with Crippen molar-refractivity contribution in [2.75, 3.05) is 17.1 Å². The molecule has 9 nitrogen and oxygen atoms in total. The van der Waals surface area contributed by atoms with Crippen LogP contribution in [0.1, 0.15) is 16.4 Å². The Balaban J connectivity index is 1.58. The van der Waals surface area contributed by atoms with Crippen molar-refractivity contribution in [1.29, 1.82) is 0 Å². The number of methoxy groups -OCH3 is 1. The average Bonchev–Trinajstić information content (AvgIpc) is 3.35. The largest absolute Gasteiger partial charge is 0.495 e. The number of carbonyl (C=O) groups excluding carboxylic acids is 1. The number of hydrogen-bond donors (Lipinski definition) is 2. The summed E-state index contributed by atoms with van der Waals surface area (Å²) in [6, 6.07) is 15.5. The molecule has 0 aliphatic heterocycles. The van der Waals surface area contributed by atoms with Gasteiger partial charge in [0.2, 0.25) is 0 Å². The van der Waals surface area contributed by atoms with E-state index in [2.05, 4.69) is 15.3 Å². The Hall–Kier alpha value is -4.39. The Labute approximate surface area is 203 Å². The van der Waals surface area contributed by atoms with Gasteiger partial charge >= 0.3 is 12.1 Å². The second-order valence-corrected chi connectivity index (χ2v) is 8.88. The Morgan fingerprint density at radius 2 is 1.78 bits per heavy atom. The van der Waals surface area contributed by atoms with Crippen molar-refractivity contribution in [2.45, 2.75) is 11.1 Å². The van der Waals surface area contributed by atoms with E-state index in [0.717, 1.165) is 18.2 Å². The van der Waals surface area contributed by atoms with Crippen molar-refractivity contribution in [1.82, 2.24) is 9.97 Å². The molecular weight excluding hydrogens is 501 g/mol. The van der Waals surface area contributed by atoms with Gasteiger partial charge < -0.3 is 14.5 Å². The van der Waals surface area contributed by atoms with Gasteiger partial charge in [0.1, 0.15) is 22.2 Å². The lowest BCUT2D eigenvalue weighted by Gasteiger charge is -2.14. The standard InChI is InChI=1S/C23H17F3N4O5S/c1-34-16-11-10-15(28-21(31)22-27-13-17(35-22)14-6-3-2-4-7-14)12-18(16)36(32,33)30-20-9-5-8-19(29-20)23(24,25)26/h2-13H,1H3,(H,28,31)(H,29,30). The number of sulfonamides is 1. The lowest BCUT2D eigenvalue weighted by atomic mass is 10.2. The average molecular weight is 518 g/mol. The number of rotatable bonds is 7. The zero-order chi connectivity index (χ0) is 25.9. The number of amides is 1. The van der Waals surface area contributed by atoms with Gasteiger partial charge in [0.15, 0.2) is 5.76 Å². The molecule has 0 saturated carbocycles. The number of benzene rings is 2. The number of aromatic nitrogens is 2. The highest BCUT2D eigenvalue weighted by Crippen LogP contribution is 2.31. The minimum Gasteiger partial charge on any atom is -0.495 e. The summed E-state index contributed by atoms with van der Waals surface area (Å²) >= 11 is 0. The van der Waals surface area contributed by atoms with Crippen LogP contribution in [-0.4, -0.2) is 31.4 Å². The van der Waals surface area contributed by atoms with Crippen molar-refractivity contribution >= 4 is 27.4 Å². The van der Waals surface area contributed by atoms with E-state index in [1.807, 2.05) is 10.8 Å². The molecule has 0 aliphatic rings. The van der Waals surface area contributed by atoms with E-state index in [9.17, 15) is 26.4 Å². The Morgan fingerprint density at radius 3 is 2.47 bits per heavy atom. The van der Waals surface area contributed by atoms with E-state index in [0.29, 0.717) is 17.4 Å². The smallest absolute Gasteiger partial charge is 0.433 e. The number of nitrogens with one attached hydrogen (secondary N) is 2. The second-order valence-electron chi connectivity index (χ2n) is 7.23. The first-order valence-electron chi connectivity index (χ1n) is 10.1. The topological polar surface area (TPSA) is 123 Å². The third-order valence-electron chi connectivity index (χ3n) is 4.75. The van der Waals surface area contributed by atoms with Crippen molar-refractivity contribution in [2.24, 2.45) is 0 Å². The summed E-state index contributed by atoms with van der Waals surface area (Å²) in [6.45, 7) is 0. The molecule has 1 amide bonds. The number of carbonyl (C=O) groups is 1. The lowest BCUT2D eigenvalue weighted by molar-refractivity contribution is -0.141. The maximum Gasteiger partial charge on any atom is 0.433 e. The maximum atomic E-state index is 13.0. The summed E-state index contributed by atoms with van der Waals surface area (Å²) in [7, 11) is -3.25. The molecular formula is C23H17F3N4O5S. The second kappa shape index (κ2) is 9.70. The molecule has 2 N–H and O–H groups in total. The fourth-order valence-electron chi connectivity index (χ4n) is 3.11. The van der Waals surface area contributed by atoms with Crippen LogP contribution in [0.3, 0.4) is 0 Å². The van der Waals surface area contributed by atoms with Gasteiger partial charge in [-0.05, 0) is 30.3 Å². The predicted octanol–water partition coefficient (Wildman–Crippen LogP) is 4.82. The highest BCUT2D eigenvalue weighted by atomic mass is 32.2. The summed E-state index contributed by atoms with van der Waals surface area (Å²) in [5.41, 5.74) is -0.523. The van der Waals surface area contributed by atoms with Gasteiger partial charge in [0.05, 0.1) is 13.3 Å². The molecule has 0 saturated heterocycles. The van der Waals surface area contributed by atoms with E-state index in [1.54, 1.807) is 24.3 Å². The first-order valence-corrected chi connectivity index (χ1v) is 11.6. The van der Waals surface area contributed by atoms with Gasteiger partial charge in [0, 0.05) is 11.3 Å². The number of anilines is 2. The number of halogens is 3. The number of pyridine rings is 1. The highest BCUT2D eigenvalue weighted by Gasteiger charge is 2.33. The van der Waals surface area contributed by atoms with Crippen LogP contribution in [0.4, 0.5) is 24.7 Å². The molecule has 4 aromatic rings. The molecule has 0 bridgehead atoms. The van der Waals surface area contributed by atoms with Gasteiger partial charge in [-0.1, -0.05) is 36.4 Å². The molecule has 0 fully saturated rings. The first-order chi connectivity index (χ1) is 17.1. The monoisotopic (exact) mass is 518 g/mol. The van der Waals surface area contributed by atoms with Crippen LogP contribution >= 0.6 is 0 Å². The normalized spacial score (nSPS) is 11.7. The molecule has 4 rings (SSSR count). The molecule has 0 radical (unpaired) electrons. The van der Waals surface area contributed by atoms with Crippen LogP contribution < -0.4 is 14.8 Å². The zero-order valence-corrected chi connectivity index (χ0v) is 19.2. The maximum absolute atomic E-state index is 13.0. The lowest BCUT2D eigenvalue weighted by Crippen LogP contribution is -2.18.